The van der Waals surface area contributed by atoms with E-state index in [2.05, 4.69) is 24.5 Å². The van der Waals surface area contributed by atoms with Crippen LogP contribution in [0.15, 0.2) is 60.3 Å². The molecule has 122 valence electrons. The number of carbonyl (C=O) groups is 1. The number of amides is 1. The number of benzene rings is 2. The van der Waals surface area contributed by atoms with Gasteiger partial charge < -0.3 is 10.6 Å². The molecule has 0 unspecified atom stereocenters. The van der Waals surface area contributed by atoms with Crippen LogP contribution in [0.2, 0.25) is 0 Å². The Hall–Kier alpha value is -3.06. The number of nitrogens with zero attached hydrogens (tertiary/aromatic N) is 1. The van der Waals surface area contributed by atoms with Crippen LogP contribution in [-0.2, 0) is 4.79 Å². The quantitative estimate of drug-likeness (QED) is 0.626. The zero-order valence-electron chi connectivity index (χ0n) is 14.1. The van der Waals surface area contributed by atoms with Crippen LogP contribution in [0.4, 0.5) is 11.4 Å². The normalized spacial score (nSPS) is 11.0. The van der Waals surface area contributed by atoms with E-state index < -0.39 is 5.91 Å². The summed E-state index contributed by atoms with van der Waals surface area (Å²) >= 11 is 0. The van der Waals surface area contributed by atoms with E-state index >= 15 is 0 Å². The molecule has 0 spiro atoms. The molecular weight excluding hydrogens is 298 g/mol. The topological polar surface area (TPSA) is 64.9 Å². The van der Waals surface area contributed by atoms with Crippen molar-refractivity contribution in [3.05, 3.63) is 71.4 Å². The Morgan fingerprint density at radius 3 is 2.42 bits per heavy atom. The van der Waals surface area contributed by atoms with E-state index in [4.69, 9.17) is 0 Å². The van der Waals surface area contributed by atoms with Crippen LogP contribution in [0.5, 0.6) is 0 Å². The lowest BCUT2D eigenvalue weighted by Crippen LogP contribution is -2.14. The molecule has 1 amide bonds. The molecule has 0 aromatic heterocycles. The minimum atomic E-state index is -0.436. The van der Waals surface area contributed by atoms with Crippen LogP contribution in [0.3, 0.4) is 0 Å². The minimum absolute atomic E-state index is 0.0180. The largest absolute Gasteiger partial charge is 0.360 e. The molecule has 0 saturated heterocycles. The van der Waals surface area contributed by atoms with Crippen molar-refractivity contribution in [2.24, 2.45) is 0 Å². The molecule has 24 heavy (non-hydrogen) atoms. The van der Waals surface area contributed by atoms with Gasteiger partial charge in [-0.3, -0.25) is 4.79 Å². The molecule has 0 heterocycles. The Morgan fingerprint density at radius 1 is 1.12 bits per heavy atom. The van der Waals surface area contributed by atoms with Crippen molar-refractivity contribution in [1.82, 2.24) is 0 Å². The van der Waals surface area contributed by atoms with Crippen molar-refractivity contribution in [1.29, 1.82) is 5.26 Å². The first-order valence-corrected chi connectivity index (χ1v) is 7.84. The van der Waals surface area contributed by atoms with Crippen LogP contribution < -0.4 is 10.6 Å². The molecule has 0 aliphatic rings. The number of hydrogen-bond donors (Lipinski definition) is 2. The summed E-state index contributed by atoms with van der Waals surface area (Å²) in [7, 11) is 0. The molecule has 0 aliphatic carbocycles. The predicted octanol–water partition coefficient (Wildman–Crippen LogP) is 4.58. The van der Waals surface area contributed by atoms with E-state index in [0.29, 0.717) is 11.6 Å². The minimum Gasteiger partial charge on any atom is -0.360 e. The summed E-state index contributed by atoms with van der Waals surface area (Å²) < 4.78 is 0. The van der Waals surface area contributed by atoms with Gasteiger partial charge in [0.15, 0.2) is 0 Å². The van der Waals surface area contributed by atoms with Gasteiger partial charge in [0.1, 0.15) is 11.6 Å². The molecule has 4 heteroatoms. The summed E-state index contributed by atoms with van der Waals surface area (Å²) in [5, 5.41) is 14.9. The smallest absolute Gasteiger partial charge is 0.267 e. The van der Waals surface area contributed by atoms with Gasteiger partial charge in [-0.2, -0.15) is 5.26 Å². The van der Waals surface area contributed by atoms with E-state index in [0.717, 1.165) is 11.3 Å². The van der Waals surface area contributed by atoms with E-state index in [1.54, 1.807) is 6.07 Å². The molecule has 2 aromatic carbocycles. The Kier molecular flexibility index (Phi) is 5.75. The molecule has 0 fully saturated rings. The summed E-state index contributed by atoms with van der Waals surface area (Å²) in [4.78, 5) is 12.2. The Labute approximate surface area is 142 Å². The van der Waals surface area contributed by atoms with Crippen LogP contribution in [0.25, 0.3) is 0 Å². The number of anilines is 2. The molecule has 0 radical (unpaired) electrons. The fourth-order valence-corrected chi connectivity index (χ4v) is 2.19. The molecule has 2 rings (SSSR count). The van der Waals surface area contributed by atoms with E-state index in [-0.39, 0.29) is 5.57 Å². The van der Waals surface area contributed by atoms with Gasteiger partial charge in [0.2, 0.25) is 0 Å². The molecule has 4 nitrogen and oxygen atoms in total. The second-order valence-corrected chi connectivity index (χ2v) is 5.91. The van der Waals surface area contributed by atoms with Crippen molar-refractivity contribution in [2.75, 3.05) is 10.6 Å². The van der Waals surface area contributed by atoms with E-state index in [9.17, 15) is 10.1 Å². The zero-order valence-corrected chi connectivity index (χ0v) is 14.1. The van der Waals surface area contributed by atoms with Crippen molar-refractivity contribution in [3.63, 3.8) is 0 Å². The average Bonchev–Trinajstić information content (AvgIpc) is 2.56. The lowest BCUT2D eigenvalue weighted by molar-refractivity contribution is -0.112. The summed E-state index contributed by atoms with van der Waals surface area (Å²) in [5.74, 6) is 0.0266. The number of rotatable bonds is 5. The first kappa shape index (κ1) is 17.3. The third kappa shape index (κ3) is 4.72. The maximum atomic E-state index is 12.2. The molecule has 0 bridgehead atoms. The number of carbonyl (C=O) groups excluding carboxylic acids is 1. The fraction of sp³-hybridized carbons (Fsp3) is 0.200. The summed E-state index contributed by atoms with van der Waals surface area (Å²) in [6.45, 7) is 6.20. The van der Waals surface area contributed by atoms with Gasteiger partial charge in [-0.1, -0.05) is 38.1 Å². The third-order valence-electron chi connectivity index (χ3n) is 3.60. The molecule has 0 atom stereocenters. The van der Waals surface area contributed by atoms with E-state index in [1.165, 1.54) is 11.8 Å². The van der Waals surface area contributed by atoms with Crippen LogP contribution >= 0.6 is 0 Å². The zero-order chi connectivity index (χ0) is 17.5. The first-order valence-electron chi connectivity index (χ1n) is 7.84. The van der Waals surface area contributed by atoms with E-state index in [1.807, 2.05) is 55.5 Å². The molecule has 2 aromatic rings. The molecular formula is C20H21N3O. The first-order chi connectivity index (χ1) is 11.5. The predicted molar refractivity (Wildman–Crippen MR) is 97.7 cm³/mol. The van der Waals surface area contributed by atoms with Crippen molar-refractivity contribution >= 4 is 17.3 Å². The van der Waals surface area contributed by atoms with Gasteiger partial charge in [-0.15, -0.1) is 0 Å². The summed E-state index contributed by atoms with van der Waals surface area (Å²) in [5.41, 5.74) is 3.79. The van der Waals surface area contributed by atoms with Crippen molar-refractivity contribution < 1.29 is 4.79 Å². The van der Waals surface area contributed by atoms with Crippen LogP contribution in [-0.4, -0.2) is 5.91 Å². The molecule has 0 saturated carbocycles. The summed E-state index contributed by atoms with van der Waals surface area (Å²) in [6.07, 6.45) is 1.43. The number of hydrogen-bond acceptors (Lipinski definition) is 3. The van der Waals surface area contributed by atoms with Crippen molar-refractivity contribution in [3.8, 4) is 6.07 Å². The highest BCUT2D eigenvalue weighted by atomic mass is 16.1. The molecule has 0 aliphatic heterocycles. The second-order valence-electron chi connectivity index (χ2n) is 5.91. The Bertz CT molecular complexity index is 783. The van der Waals surface area contributed by atoms with Gasteiger partial charge in [0, 0.05) is 17.6 Å². The highest BCUT2D eigenvalue weighted by Gasteiger charge is 2.09. The van der Waals surface area contributed by atoms with Crippen molar-refractivity contribution in [2.45, 2.75) is 26.7 Å². The Morgan fingerprint density at radius 2 is 1.83 bits per heavy atom. The SMILES string of the molecule is Cc1cccc(NC(=O)/C(C#N)=C\Nc2ccc(C(C)C)cc2)c1. The second kappa shape index (κ2) is 7.98. The van der Waals surface area contributed by atoms with Gasteiger partial charge >= 0.3 is 0 Å². The monoisotopic (exact) mass is 319 g/mol. The average molecular weight is 319 g/mol. The van der Waals surface area contributed by atoms with Gasteiger partial charge in [-0.05, 0) is 48.2 Å². The lowest BCUT2D eigenvalue weighted by Gasteiger charge is -2.08. The van der Waals surface area contributed by atoms with Gasteiger partial charge in [-0.25, -0.2) is 0 Å². The number of nitriles is 1. The highest BCUT2D eigenvalue weighted by Crippen LogP contribution is 2.17. The standard InChI is InChI=1S/C20H21N3O/c1-14(2)16-7-9-18(10-8-16)22-13-17(12-21)20(24)23-19-6-4-5-15(3)11-19/h4-11,13-14,22H,1-3H3,(H,23,24)/b17-13-. The lowest BCUT2D eigenvalue weighted by atomic mass is 10.0. The molecule has 2 N–H and O–H groups in total. The maximum absolute atomic E-state index is 12.2. The fourth-order valence-electron chi connectivity index (χ4n) is 2.19. The summed E-state index contributed by atoms with van der Waals surface area (Å²) in [6, 6.07) is 17.3. The number of nitrogens with one attached hydrogen (secondary N) is 2. The van der Waals surface area contributed by atoms with Crippen LogP contribution in [0.1, 0.15) is 30.9 Å². The van der Waals surface area contributed by atoms with Gasteiger partial charge in [0.05, 0.1) is 0 Å². The number of aryl methyl sites for hydroxylation is 1. The van der Waals surface area contributed by atoms with Gasteiger partial charge in [0.25, 0.3) is 5.91 Å². The highest BCUT2D eigenvalue weighted by molar-refractivity contribution is 6.06. The Balaban J connectivity index is 2.05. The third-order valence-corrected chi connectivity index (χ3v) is 3.60. The maximum Gasteiger partial charge on any atom is 0.267 e. The van der Waals surface area contributed by atoms with Crippen LogP contribution in [0, 0.1) is 18.3 Å².